The van der Waals surface area contributed by atoms with Gasteiger partial charge in [0.15, 0.2) is 0 Å². The quantitative estimate of drug-likeness (QED) is 0.646. The molecule has 2 atom stereocenters. The summed E-state index contributed by atoms with van der Waals surface area (Å²) in [6, 6.07) is 21.4. The van der Waals surface area contributed by atoms with Gasteiger partial charge in [0.05, 0.1) is 17.9 Å². The van der Waals surface area contributed by atoms with Gasteiger partial charge in [-0.05, 0) is 38.3 Å². The van der Waals surface area contributed by atoms with Gasteiger partial charge in [-0.2, -0.15) is 0 Å². The summed E-state index contributed by atoms with van der Waals surface area (Å²) in [6.07, 6.45) is 0.716. The van der Waals surface area contributed by atoms with Crippen LogP contribution in [0.1, 0.15) is 44.4 Å². The summed E-state index contributed by atoms with van der Waals surface area (Å²) in [7, 11) is 0. The third-order valence-corrected chi connectivity index (χ3v) is 8.19. The van der Waals surface area contributed by atoms with Crippen LogP contribution < -0.4 is 0 Å². The summed E-state index contributed by atoms with van der Waals surface area (Å²) >= 11 is 0. The second kappa shape index (κ2) is 10.3. The van der Waals surface area contributed by atoms with Crippen LogP contribution in [0.2, 0.25) is 0 Å². The van der Waals surface area contributed by atoms with Gasteiger partial charge in [-0.15, -0.1) is 0 Å². The first-order valence-electron chi connectivity index (χ1n) is 13.5. The first-order chi connectivity index (χ1) is 17.3. The molecule has 36 heavy (non-hydrogen) atoms. The van der Waals surface area contributed by atoms with Crippen LogP contribution in [-0.2, 0) is 9.59 Å². The van der Waals surface area contributed by atoms with E-state index in [0.29, 0.717) is 6.42 Å². The molecule has 2 saturated heterocycles. The van der Waals surface area contributed by atoms with Crippen molar-refractivity contribution < 1.29 is 9.59 Å². The number of amides is 2. The molecule has 0 bridgehead atoms. The topological polar surface area (TPSA) is 47.1 Å². The van der Waals surface area contributed by atoms with E-state index in [1.54, 1.807) is 0 Å². The van der Waals surface area contributed by atoms with E-state index < -0.39 is 0 Å². The molecule has 3 fully saturated rings. The first kappa shape index (κ1) is 25.0. The summed E-state index contributed by atoms with van der Waals surface area (Å²) < 4.78 is 0. The minimum atomic E-state index is -0.122. The maximum atomic E-state index is 13.3. The number of rotatable bonds is 5. The fraction of sp³-hybridized carbons (Fsp3) is 0.533. The van der Waals surface area contributed by atoms with Gasteiger partial charge in [0.1, 0.15) is 0 Å². The van der Waals surface area contributed by atoms with Gasteiger partial charge in [0, 0.05) is 57.9 Å². The normalized spacial score (nSPS) is 23.7. The number of nitrogens with zero attached hydrogens (tertiary/aromatic N) is 4. The lowest BCUT2D eigenvalue weighted by Gasteiger charge is -2.42. The second-order valence-electron chi connectivity index (χ2n) is 11.5. The highest BCUT2D eigenvalue weighted by Crippen LogP contribution is 2.42. The zero-order valence-electron chi connectivity index (χ0n) is 22.0. The third kappa shape index (κ3) is 5.35. The average Bonchev–Trinajstić information content (AvgIpc) is 3.70. The van der Waals surface area contributed by atoms with Crippen molar-refractivity contribution in [2.24, 2.45) is 11.8 Å². The van der Waals surface area contributed by atoms with Crippen molar-refractivity contribution >= 4 is 11.8 Å². The average molecular weight is 489 g/mol. The first-order valence-corrected chi connectivity index (χ1v) is 13.5. The molecular formula is C30H40N4O2. The maximum Gasteiger partial charge on any atom is 0.226 e. The third-order valence-electron chi connectivity index (χ3n) is 8.19. The lowest BCUT2D eigenvalue weighted by molar-refractivity contribution is -0.140. The highest BCUT2D eigenvalue weighted by Gasteiger charge is 2.51. The molecule has 192 valence electrons. The van der Waals surface area contributed by atoms with Crippen molar-refractivity contribution in [3.63, 3.8) is 0 Å². The van der Waals surface area contributed by atoms with Crippen LogP contribution in [0.3, 0.4) is 0 Å². The molecule has 0 N–H and O–H groups in total. The summed E-state index contributed by atoms with van der Waals surface area (Å²) in [5, 5.41) is 0. The zero-order valence-corrected chi connectivity index (χ0v) is 22.0. The standard InChI is InChI=1S/C30H40N4O2/c1-30(2,3)34-20-18-33(19-21-34)29(36)26-22-25(26)28(35)32-16-14-31(15-17-32)27(23-10-6-4-7-11-23)24-12-8-5-9-13-24/h4-13,25-27H,14-22H2,1-3H3. The molecule has 5 rings (SSSR count). The van der Waals surface area contributed by atoms with Gasteiger partial charge >= 0.3 is 0 Å². The molecule has 0 radical (unpaired) electrons. The van der Waals surface area contributed by atoms with Gasteiger partial charge in [-0.1, -0.05) is 60.7 Å². The van der Waals surface area contributed by atoms with Gasteiger partial charge in [-0.3, -0.25) is 19.4 Å². The lowest BCUT2D eigenvalue weighted by atomic mass is 9.96. The number of carbonyl (C=O) groups is 2. The Hall–Kier alpha value is -2.70. The molecule has 6 heteroatoms. The van der Waals surface area contributed by atoms with E-state index >= 15 is 0 Å². The predicted molar refractivity (Wildman–Crippen MR) is 142 cm³/mol. The van der Waals surface area contributed by atoms with E-state index in [2.05, 4.69) is 91.2 Å². The van der Waals surface area contributed by atoms with Crippen LogP contribution in [0.5, 0.6) is 0 Å². The van der Waals surface area contributed by atoms with Crippen LogP contribution in [0.4, 0.5) is 0 Å². The molecule has 1 aliphatic carbocycles. The van der Waals surface area contributed by atoms with E-state index in [1.165, 1.54) is 11.1 Å². The monoisotopic (exact) mass is 488 g/mol. The second-order valence-corrected chi connectivity index (χ2v) is 11.5. The predicted octanol–water partition coefficient (Wildman–Crippen LogP) is 3.50. The van der Waals surface area contributed by atoms with Crippen LogP contribution in [0.25, 0.3) is 0 Å². The van der Waals surface area contributed by atoms with Crippen molar-refractivity contribution in [2.75, 3.05) is 52.4 Å². The lowest BCUT2D eigenvalue weighted by Crippen LogP contribution is -2.55. The van der Waals surface area contributed by atoms with Gasteiger partial charge in [-0.25, -0.2) is 0 Å². The molecule has 1 saturated carbocycles. The van der Waals surface area contributed by atoms with E-state index in [-0.39, 0.29) is 35.2 Å². The SMILES string of the molecule is CC(C)(C)N1CCN(C(=O)C2CC2C(=O)N2CCN(C(c3ccccc3)c3ccccc3)CC2)CC1. The Labute approximate surface area is 215 Å². The van der Waals surface area contributed by atoms with Crippen LogP contribution in [0.15, 0.2) is 60.7 Å². The Bertz CT molecular complexity index is 996. The number of piperazine rings is 2. The molecule has 2 aromatic rings. The van der Waals surface area contributed by atoms with Gasteiger partial charge in [0.25, 0.3) is 0 Å². The fourth-order valence-corrected chi connectivity index (χ4v) is 5.89. The molecule has 0 spiro atoms. The van der Waals surface area contributed by atoms with Crippen LogP contribution in [-0.4, -0.2) is 89.3 Å². The summed E-state index contributed by atoms with van der Waals surface area (Å²) in [6.45, 7) is 13.1. The number of benzene rings is 2. The molecule has 0 aromatic heterocycles. The molecule has 2 amide bonds. The van der Waals surface area contributed by atoms with Crippen molar-refractivity contribution in [3.8, 4) is 0 Å². The molecule has 2 unspecified atom stereocenters. The van der Waals surface area contributed by atoms with Crippen molar-refractivity contribution in [2.45, 2.75) is 38.8 Å². The van der Waals surface area contributed by atoms with E-state index in [4.69, 9.17) is 0 Å². The number of hydrogen-bond acceptors (Lipinski definition) is 4. The minimum absolute atomic E-state index is 0.113. The van der Waals surface area contributed by atoms with Crippen molar-refractivity contribution in [1.29, 1.82) is 0 Å². The Morgan fingerprint density at radius 2 is 1.08 bits per heavy atom. The zero-order chi connectivity index (χ0) is 25.3. The highest BCUT2D eigenvalue weighted by molar-refractivity contribution is 5.92. The van der Waals surface area contributed by atoms with E-state index in [9.17, 15) is 9.59 Å². The molecule has 2 heterocycles. The smallest absolute Gasteiger partial charge is 0.226 e. The Morgan fingerprint density at radius 3 is 1.50 bits per heavy atom. The Morgan fingerprint density at radius 1 is 0.667 bits per heavy atom. The molecule has 3 aliphatic rings. The number of carbonyl (C=O) groups excluding carboxylic acids is 2. The van der Waals surface area contributed by atoms with Crippen molar-refractivity contribution in [1.82, 2.24) is 19.6 Å². The maximum absolute atomic E-state index is 13.3. The molecule has 6 nitrogen and oxygen atoms in total. The number of hydrogen-bond donors (Lipinski definition) is 0. The van der Waals surface area contributed by atoms with Gasteiger partial charge in [0.2, 0.25) is 11.8 Å². The largest absolute Gasteiger partial charge is 0.340 e. The molecule has 2 aliphatic heterocycles. The Balaban J connectivity index is 1.16. The molecular weight excluding hydrogens is 448 g/mol. The van der Waals surface area contributed by atoms with Crippen LogP contribution in [0, 0.1) is 11.8 Å². The van der Waals surface area contributed by atoms with E-state index in [0.717, 1.165) is 52.4 Å². The Kier molecular flexibility index (Phi) is 7.18. The summed E-state index contributed by atoms with van der Waals surface area (Å²) in [5.74, 6) is 0.132. The molecule has 2 aromatic carbocycles. The van der Waals surface area contributed by atoms with Gasteiger partial charge < -0.3 is 9.80 Å². The fourth-order valence-electron chi connectivity index (χ4n) is 5.89. The van der Waals surface area contributed by atoms with Crippen LogP contribution >= 0.6 is 0 Å². The minimum Gasteiger partial charge on any atom is -0.340 e. The van der Waals surface area contributed by atoms with Crippen molar-refractivity contribution in [3.05, 3.63) is 71.8 Å². The summed E-state index contributed by atoms with van der Waals surface area (Å²) in [5.41, 5.74) is 2.70. The summed E-state index contributed by atoms with van der Waals surface area (Å²) in [4.78, 5) is 35.3. The highest BCUT2D eigenvalue weighted by atomic mass is 16.2. The van der Waals surface area contributed by atoms with E-state index in [1.807, 2.05) is 9.80 Å².